The van der Waals surface area contributed by atoms with Crippen LogP contribution in [0.3, 0.4) is 0 Å². The van der Waals surface area contributed by atoms with Crippen LogP contribution in [0.2, 0.25) is 5.02 Å². The van der Waals surface area contributed by atoms with Crippen molar-refractivity contribution in [3.8, 4) is 0 Å². The second-order valence-electron chi connectivity index (χ2n) is 5.63. The molecule has 0 spiro atoms. The van der Waals surface area contributed by atoms with Crippen LogP contribution < -0.4 is 11.2 Å². The van der Waals surface area contributed by atoms with Gasteiger partial charge in [-0.1, -0.05) is 35.5 Å². The van der Waals surface area contributed by atoms with Gasteiger partial charge in [0.25, 0.3) is 0 Å². The molecule has 0 unspecified atom stereocenters. The third kappa shape index (κ3) is 4.54. The lowest BCUT2D eigenvalue weighted by Gasteiger charge is -2.02. The summed E-state index contributed by atoms with van der Waals surface area (Å²) in [6.45, 7) is 3.72. The van der Waals surface area contributed by atoms with Crippen molar-refractivity contribution in [2.45, 2.75) is 25.4 Å². The van der Waals surface area contributed by atoms with Crippen molar-refractivity contribution in [1.82, 2.24) is 19.9 Å². The average molecular weight is 409 g/mol. The van der Waals surface area contributed by atoms with Crippen LogP contribution in [0.15, 0.2) is 29.6 Å². The van der Waals surface area contributed by atoms with E-state index in [0.717, 1.165) is 27.4 Å². The Morgan fingerprint density at radius 1 is 1.38 bits per heavy atom. The lowest BCUT2D eigenvalue weighted by Crippen LogP contribution is -2.16. The molecule has 7 nitrogen and oxygen atoms in total. The number of nitrogens with one attached hydrogen (secondary N) is 1. The molecule has 3 rings (SSSR count). The SMILES string of the molecule is Cc1ccc(Cc2cnc(NC(=O)CSc3nnc(C)n3N)s2)cc1Cl. The fourth-order valence-electron chi connectivity index (χ4n) is 2.13. The van der Waals surface area contributed by atoms with Gasteiger partial charge in [-0.3, -0.25) is 4.79 Å². The van der Waals surface area contributed by atoms with Crippen molar-refractivity contribution >= 4 is 45.7 Å². The van der Waals surface area contributed by atoms with Crippen molar-refractivity contribution in [3.05, 3.63) is 51.2 Å². The van der Waals surface area contributed by atoms with Crippen LogP contribution >= 0.6 is 34.7 Å². The first-order chi connectivity index (χ1) is 12.4. The Balaban J connectivity index is 1.55. The smallest absolute Gasteiger partial charge is 0.236 e. The van der Waals surface area contributed by atoms with Crippen LogP contribution in [0.4, 0.5) is 5.13 Å². The van der Waals surface area contributed by atoms with Crippen LogP contribution in [0, 0.1) is 13.8 Å². The number of thioether (sulfide) groups is 1. The Hall–Kier alpha value is -2.10. The van der Waals surface area contributed by atoms with Crippen molar-refractivity contribution < 1.29 is 4.79 Å². The summed E-state index contributed by atoms with van der Waals surface area (Å²) >= 11 is 8.82. The molecule has 1 aromatic carbocycles. The fraction of sp³-hybridized carbons (Fsp3) is 0.250. The van der Waals surface area contributed by atoms with Gasteiger partial charge in [0.15, 0.2) is 5.13 Å². The molecular weight excluding hydrogens is 392 g/mol. The van der Waals surface area contributed by atoms with Gasteiger partial charge in [0.05, 0.1) is 5.75 Å². The summed E-state index contributed by atoms with van der Waals surface area (Å²) in [5.74, 6) is 6.36. The minimum atomic E-state index is -0.171. The number of thiazole rings is 1. The van der Waals surface area contributed by atoms with Crippen LogP contribution in [0.25, 0.3) is 0 Å². The van der Waals surface area contributed by atoms with Gasteiger partial charge in [0.2, 0.25) is 11.1 Å². The molecule has 2 aromatic heterocycles. The van der Waals surface area contributed by atoms with Crippen LogP contribution in [-0.4, -0.2) is 31.5 Å². The summed E-state index contributed by atoms with van der Waals surface area (Å²) in [4.78, 5) is 17.4. The van der Waals surface area contributed by atoms with E-state index in [9.17, 15) is 4.79 Å². The molecular formula is C16H17ClN6OS2. The monoisotopic (exact) mass is 408 g/mol. The lowest BCUT2D eigenvalue weighted by atomic mass is 10.1. The first kappa shape index (κ1) is 18.7. The topological polar surface area (TPSA) is 98.7 Å². The number of nitrogens with two attached hydrogens (primary N) is 1. The number of aromatic nitrogens is 4. The van der Waals surface area contributed by atoms with Crippen LogP contribution in [-0.2, 0) is 11.2 Å². The molecule has 0 aliphatic carbocycles. The zero-order chi connectivity index (χ0) is 18.7. The first-order valence-corrected chi connectivity index (χ1v) is 9.90. The molecule has 0 aliphatic heterocycles. The quantitative estimate of drug-likeness (QED) is 0.480. The fourth-order valence-corrected chi connectivity index (χ4v) is 3.90. The normalized spacial score (nSPS) is 10.9. The molecule has 2 heterocycles. The molecule has 0 bridgehead atoms. The van der Waals surface area contributed by atoms with E-state index in [4.69, 9.17) is 17.4 Å². The van der Waals surface area contributed by atoms with E-state index in [1.54, 1.807) is 13.1 Å². The maximum absolute atomic E-state index is 12.1. The van der Waals surface area contributed by atoms with Gasteiger partial charge in [0.1, 0.15) is 5.82 Å². The highest BCUT2D eigenvalue weighted by Crippen LogP contribution is 2.24. The predicted octanol–water partition coefficient (Wildman–Crippen LogP) is 3.04. The maximum atomic E-state index is 12.1. The van der Waals surface area contributed by atoms with E-state index in [0.29, 0.717) is 16.1 Å². The molecule has 136 valence electrons. The molecule has 26 heavy (non-hydrogen) atoms. The Morgan fingerprint density at radius 2 is 2.19 bits per heavy atom. The van der Waals surface area contributed by atoms with Gasteiger partial charge in [-0.15, -0.1) is 21.5 Å². The third-order valence-electron chi connectivity index (χ3n) is 3.58. The van der Waals surface area contributed by atoms with Gasteiger partial charge in [0, 0.05) is 22.5 Å². The van der Waals surface area contributed by atoms with E-state index in [1.807, 2.05) is 25.1 Å². The van der Waals surface area contributed by atoms with Crippen molar-refractivity contribution in [2.24, 2.45) is 0 Å². The number of nitrogen functional groups attached to an aromatic ring is 1. The number of benzene rings is 1. The molecule has 0 aliphatic rings. The Morgan fingerprint density at radius 3 is 2.88 bits per heavy atom. The highest BCUT2D eigenvalue weighted by atomic mass is 35.5. The van der Waals surface area contributed by atoms with Gasteiger partial charge in [-0.2, -0.15) is 0 Å². The molecule has 3 N–H and O–H groups in total. The average Bonchev–Trinajstić information content (AvgIpc) is 3.17. The number of rotatable bonds is 6. The first-order valence-electron chi connectivity index (χ1n) is 7.72. The summed E-state index contributed by atoms with van der Waals surface area (Å²) in [6, 6.07) is 5.99. The molecule has 1 amide bonds. The lowest BCUT2D eigenvalue weighted by molar-refractivity contribution is -0.113. The van der Waals surface area contributed by atoms with E-state index in [1.165, 1.54) is 27.8 Å². The number of amides is 1. The number of hydrogen-bond acceptors (Lipinski definition) is 7. The van der Waals surface area contributed by atoms with Crippen molar-refractivity contribution in [1.29, 1.82) is 0 Å². The Kier molecular flexibility index (Phi) is 5.80. The van der Waals surface area contributed by atoms with E-state index >= 15 is 0 Å². The number of carbonyl (C=O) groups excluding carboxylic acids is 1. The van der Waals surface area contributed by atoms with Gasteiger partial charge in [-0.05, 0) is 31.0 Å². The third-order valence-corrected chi connectivity index (χ3v) is 5.84. The number of carbonyl (C=O) groups is 1. The number of aryl methyl sites for hydroxylation is 2. The predicted molar refractivity (Wildman–Crippen MR) is 105 cm³/mol. The van der Waals surface area contributed by atoms with Crippen LogP contribution in [0.5, 0.6) is 0 Å². The van der Waals surface area contributed by atoms with E-state index in [-0.39, 0.29) is 11.7 Å². The van der Waals surface area contributed by atoms with Gasteiger partial charge in [-0.25, -0.2) is 9.66 Å². The minimum absolute atomic E-state index is 0.171. The zero-order valence-electron chi connectivity index (χ0n) is 14.2. The summed E-state index contributed by atoms with van der Waals surface area (Å²) in [6.07, 6.45) is 2.49. The second kappa shape index (κ2) is 8.07. The van der Waals surface area contributed by atoms with E-state index in [2.05, 4.69) is 20.5 Å². The number of anilines is 1. The minimum Gasteiger partial charge on any atom is -0.336 e. The van der Waals surface area contributed by atoms with Crippen molar-refractivity contribution in [2.75, 3.05) is 16.9 Å². The standard InChI is InChI=1S/C16H17ClN6OS2/c1-9-3-4-11(6-13(9)17)5-12-7-19-15(26-12)20-14(24)8-25-16-22-21-10(2)23(16)18/h3-4,6-7H,5,8,18H2,1-2H3,(H,19,20,24). The molecule has 0 radical (unpaired) electrons. The highest BCUT2D eigenvalue weighted by molar-refractivity contribution is 7.99. The Bertz CT molecular complexity index is 939. The molecule has 0 fully saturated rings. The zero-order valence-corrected chi connectivity index (χ0v) is 16.6. The maximum Gasteiger partial charge on any atom is 0.236 e. The second-order valence-corrected chi connectivity index (χ2v) is 8.09. The number of halogens is 1. The number of hydrogen-bond donors (Lipinski definition) is 2. The summed E-state index contributed by atoms with van der Waals surface area (Å²) in [5.41, 5.74) is 2.16. The molecule has 0 atom stereocenters. The largest absolute Gasteiger partial charge is 0.336 e. The summed E-state index contributed by atoms with van der Waals surface area (Å²) in [5, 5.41) is 12.4. The summed E-state index contributed by atoms with van der Waals surface area (Å²) in [7, 11) is 0. The molecule has 10 heteroatoms. The van der Waals surface area contributed by atoms with Crippen LogP contribution in [0.1, 0.15) is 21.8 Å². The van der Waals surface area contributed by atoms with E-state index < -0.39 is 0 Å². The number of nitrogens with zero attached hydrogens (tertiary/aromatic N) is 4. The molecule has 0 saturated heterocycles. The molecule has 3 aromatic rings. The van der Waals surface area contributed by atoms with Gasteiger partial charge >= 0.3 is 0 Å². The summed E-state index contributed by atoms with van der Waals surface area (Å²) < 4.78 is 1.35. The Labute approximate surface area is 164 Å². The molecule has 0 saturated carbocycles. The van der Waals surface area contributed by atoms with Crippen molar-refractivity contribution in [3.63, 3.8) is 0 Å². The van der Waals surface area contributed by atoms with Gasteiger partial charge < -0.3 is 11.2 Å². The highest BCUT2D eigenvalue weighted by Gasteiger charge is 2.12.